The van der Waals surface area contributed by atoms with E-state index in [0.29, 0.717) is 31.6 Å². The topological polar surface area (TPSA) is 40.5 Å². The summed E-state index contributed by atoms with van der Waals surface area (Å²) >= 11 is 0. The predicted molar refractivity (Wildman–Crippen MR) is 76.8 cm³/mol. The van der Waals surface area contributed by atoms with Crippen molar-refractivity contribution in [1.29, 1.82) is 0 Å². The molecule has 0 radical (unpaired) electrons. The lowest BCUT2D eigenvalue weighted by Gasteiger charge is -2.61. The van der Waals surface area contributed by atoms with Crippen LogP contribution in [0, 0.1) is 5.92 Å². The highest BCUT2D eigenvalue weighted by Crippen LogP contribution is 2.57. The van der Waals surface area contributed by atoms with E-state index in [9.17, 15) is 23.1 Å². The second-order valence-corrected chi connectivity index (χ2v) is 7.29. The fraction of sp³-hybridized carbons (Fsp3) is 0.588. The molecular formula is C17H18F3NO2. The molecule has 4 fully saturated rings. The van der Waals surface area contributed by atoms with Crippen LogP contribution in [0.2, 0.25) is 0 Å². The quantitative estimate of drug-likeness (QED) is 0.860. The number of aromatic hydroxyl groups is 1. The number of phenolic OH excluding ortho intramolecular Hbond substituents is 1. The van der Waals surface area contributed by atoms with Gasteiger partial charge in [-0.3, -0.25) is 4.79 Å². The Morgan fingerprint density at radius 2 is 1.65 bits per heavy atom. The zero-order chi connectivity index (χ0) is 16.4. The SMILES string of the molecule is O=C(N1[C@@H]2CC3C[C@H]1CC(c1ccc(O)cc1)(C3)C2)C(F)(F)F. The molecule has 3 nitrogen and oxygen atoms in total. The third kappa shape index (κ3) is 2.22. The van der Waals surface area contributed by atoms with Gasteiger partial charge in [-0.25, -0.2) is 0 Å². The molecule has 0 aromatic heterocycles. The normalized spacial score (nSPS) is 35.6. The van der Waals surface area contributed by atoms with Crippen molar-refractivity contribution in [1.82, 2.24) is 4.90 Å². The summed E-state index contributed by atoms with van der Waals surface area (Å²) in [4.78, 5) is 12.9. The van der Waals surface area contributed by atoms with Crippen molar-refractivity contribution >= 4 is 5.91 Å². The Morgan fingerprint density at radius 1 is 1.09 bits per heavy atom. The zero-order valence-electron chi connectivity index (χ0n) is 12.5. The van der Waals surface area contributed by atoms with Crippen LogP contribution < -0.4 is 0 Å². The molecule has 5 rings (SSSR count). The number of nitrogens with zero attached hydrogens (tertiary/aromatic N) is 1. The molecule has 2 saturated carbocycles. The van der Waals surface area contributed by atoms with Crippen LogP contribution in [0.3, 0.4) is 0 Å². The first-order chi connectivity index (χ1) is 10.8. The first-order valence-corrected chi connectivity index (χ1v) is 7.97. The van der Waals surface area contributed by atoms with Crippen LogP contribution in [0.1, 0.15) is 37.7 Å². The highest BCUT2D eigenvalue weighted by molar-refractivity contribution is 5.83. The van der Waals surface area contributed by atoms with E-state index in [1.165, 1.54) is 0 Å². The number of halogens is 3. The standard InChI is InChI=1S/C17H18F3NO2/c18-17(19,20)15(23)21-12-5-10-6-13(21)9-16(7-10,8-12)11-1-3-14(22)4-2-11/h1-4,10,12-13,22H,5-9H2/t10?,12-,13+,16?. The van der Waals surface area contributed by atoms with Crippen molar-refractivity contribution in [2.45, 2.75) is 55.8 Å². The van der Waals surface area contributed by atoms with Crippen LogP contribution in [-0.2, 0) is 10.2 Å². The molecule has 1 N–H and O–H groups in total. The number of hydrogen-bond donors (Lipinski definition) is 1. The van der Waals surface area contributed by atoms with E-state index in [0.717, 1.165) is 16.9 Å². The number of amides is 1. The van der Waals surface area contributed by atoms with Gasteiger partial charge in [-0.05, 0) is 61.1 Å². The van der Waals surface area contributed by atoms with Crippen molar-refractivity contribution in [2.75, 3.05) is 0 Å². The van der Waals surface area contributed by atoms with E-state index in [-0.39, 0.29) is 23.2 Å². The summed E-state index contributed by atoms with van der Waals surface area (Å²) in [6.07, 6.45) is -1.28. The van der Waals surface area contributed by atoms with Crippen molar-refractivity contribution in [2.24, 2.45) is 5.92 Å². The second-order valence-electron chi connectivity index (χ2n) is 7.29. The third-order valence-electron chi connectivity index (χ3n) is 5.89. The van der Waals surface area contributed by atoms with E-state index in [2.05, 4.69) is 0 Å². The Hall–Kier alpha value is -1.72. The average Bonchev–Trinajstić information content (AvgIpc) is 2.45. The number of phenols is 1. The summed E-state index contributed by atoms with van der Waals surface area (Å²) in [5, 5.41) is 9.46. The van der Waals surface area contributed by atoms with Gasteiger partial charge in [-0.1, -0.05) is 12.1 Å². The Kier molecular flexibility index (Phi) is 3.00. The van der Waals surface area contributed by atoms with Gasteiger partial charge in [0.05, 0.1) is 0 Å². The molecule has 2 unspecified atom stereocenters. The van der Waals surface area contributed by atoms with Gasteiger partial charge in [-0.15, -0.1) is 0 Å². The number of hydrogen-bond acceptors (Lipinski definition) is 2. The Balaban J connectivity index is 1.67. The van der Waals surface area contributed by atoms with Gasteiger partial charge in [0.15, 0.2) is 0 Å². The van der Waals surface area contributed by atoms with Crippen LogP contribution in [0.15, 0.2) is 24.3 Å². The minimum absolute atomic E-state index is 0.146. The fourth-order valence-electron chi connectivity index (χ4n) is 5.27. The number of rotatable bonds is 1. The average molecular weight is 325 g/mol. The maximum absolute atomic E-state index is 12.9. The highest BCUT2D eigenvalue weighted by atomic mass is 19.4. The molecular weight excluding hydrogens is 307 g/mol. The minimum Gasteiger partial charge on any atom is -0.508 e. The van der Waals surface area contributed by atoms with Gasteiger partial charge in [0, 0.05) is 12.1 Å². The maximum Gasteiger partial charge on any atom is 0.471 e. The summed E-state index contributed by atoms with van der Waals surface area (Å²) in [5.74, 6) is -1.10. The summed E-state index contributed by atoms with van der Waals surface area (Å²) in [7, 11) is 0. The van der Waals surface area contributed by atoms with Crippen LogP contribution in [0.25, 0.3) is 0 Å². The number of carbonyl (C=O) groups is 1. The summed E-state index contributed by atoms with van der Waals surface area (Å²) in [6.45, 7) is 0. The van der Waals surface area contributed by atoms with Crippen molar-refractivity contribution in [3.05, 3.63) is 29.8 Å². The first kappa shape index (κ1) is 14.8. The van der Waals surface area contributed by atoms with Gasteiger partial charge in [0.25, 0.3) is 0 Å². The lowest BCUT2D eigenvalue weighted by Crippen LogP contribution is -2.66. The molecule has 124 valence electrons. The molecule has 2 aliphatic heterocycles. The lowest BCUT2D eigenvalue weighted by molar-refractivity contribution is -0.201. The molecule has 2 saturated heterocycles. The molecule has 6 heteroatoms. The van der Waals surface area contributed by atoms with Crippen molar-refractivity contribution in [3.63, 3.8) is 0 Å². The van der Waals surface area contributed by atoms with Crippen LogP contribution >= 0.6 is 0 Å². The molecule has 4 aliphatic rings. The van der Waals surface area contributed by atoms with E-state index >= 15 is 0 Å². The zero-order valence-corrected chi connectivity index (χ0v) is 12.5. The molecule has 4 atom stereocenters. The molecule has 23 heavy (non-hydrogen) atoms. The summed E-state index contributed by atoms with van der Waals surface area (Å²) < 4.78 is 38.7. The number of piperidine rings is 2. The summed E-state index contributed by atoms with van der Waals surface area (Å²) in [5.41, 5.74) is 0.931. The molecule has 1 amide bonds. The number of alkyl halides is 3. The first-order valence-electron chi connectivity index (χ1n) is 7.97. The Bertz CT molecular complexity index is 624. The van der Waals surface area contributed by atoms with Crippen molar-refractivity contribution in [3.8, 4) is 5.75 Å². The van der Waals surface area contributed by atoms with E-state index in [1.54, 1.807) is 12.1 Å². The molecule has 1 aromatic carbocycles. The molecule has 2 aliphatic carbocycles. The fourth-order valence-corrected chi connectivity index (χ4v) is 5.27. The maximum atomic E-state index is 12.9. The van der Waals surface area contributed by atoms with Gasteiger partial charge in [0.1, 0.15) is 5.75 Å². The van der Waals surface area contributed by atoms with Gasteiger partial charge < -0.3 is 10.0 Å². The van der Waals surface area contributed by atoms with E-state index in [4.69, 9.17) is 0 Å². The molecule has 2 heterocycles. The van der Waals surface area contributed by atoms with Gasteiger partial charge in [-0.2, -0.15) is 13.2 Å². The van der Waals surface area contributed by atoms with Crippen LogP contribution in [0.4, 0.5) is 13.2 Å². The summed E-state index contributed by atoms with van der Waals surface area (Å²) in [6, 6.07) is 6.38. The smallest absolute Gasteiger partial charge is 0.471 e. The Labute approximate surface area is 132 Å². The van der Waals surface area contributed by atoms with E-state index in [1.807, 2.05) is 12.1 Å². The monoisotopic (exact) mass is 325 g/mol. The lowest BCUT2D eigenvalue weighted by atomic mass is 9.53. The predicted octanol–water partition coefficient (Wildman–Crippen LogP) is 3.37. The minimum atomic E-state index is -4.79. The highest BCUT2D eigenvalue weighted by Gasteiger charge is 2.59. The van der Waals surface area contributed by atoms with E-state index < -0.39 is 12.1 Å². The van der Waals surface area contributed by atoms with Crippen LogP contribution in [-0.4, -0.2) is 34.2 Å². The van der Waals surface area contributed by atoms with Crippen molar-refractivity contribution < 1.29 is 23.1 Å². The van der Waals surface area contributed by atoms with Crippen LogP contribution in [0.5, 0.6) is 5.75 Å². The molecule has 1 aromatic rings. The molecule has 4 bridgehead atoms. The third-order valence-corrected chi connectivity index (χ3v) is 5.89. The molecule has 0 spiro atoms. The number of carbonyl (C=O) groups excluding carboxylic acids is 1. The Morgan fingerprint density at radius 3 is 2.17 bits per heavy atom. The van der Waals surface area contributed by atoms with Gasteiger partial charge >= 0.3 is 12.1 Å². The largest absolute Gasteiger partial charge is 0.508 e. The number of benzene rings is 1. The second kappa shape index (κ2) is 4.65. The van der Waals surface area contributed by atoms with Gasteiger partial charge in [0.2, 0.25) is 0 Å².